The summed E-state index contributed by atoms with van der Waals surface area (Å²) in [5.74, 6) is 2.29. The second kappa shape index (κ2) is 5.84. The smallest absolute Gasteiger partial charge is 0.227 e. The molecule has 0 amide bonds. The number of aryl methyl sites for hydroxylation is 1. The van der Waals surface area contributed by atoms with E-state index in [1.54, 1.807) is 0 Å². The molecule has 1 saturated carbocycles. The van der Waals surface area contributed by atoms with E-state index in [4.69, 9.17) is 9.40 Å². The highest BCUT2D eigenvalue weighted by Crippen LogP contribution is 2.36. The molecule has 0 aliphatic heterocycles. The van der Waals surface area contributed by atoms with Crippen LogP contribution in [0.4, 0.5) is 0 Å². The maximum atomic E-state index is 5.94. The highest BCUT2D eigenvalue weighted by molar-refractivity contribution is 5.77. The molecule has 2 heteroatoms. The van der Waals surface area contributed by atoms with Crippen molar-refractivity contribution in [2.75, 3.05) is 0 Å². The molecule has 0 spiro atoms. The first-order valence-corrected chi connectivity index (χ1v) is 8.66. The number of rotatable bonds is 2. The van der Waals surface area contributed by atoms with Gasteiger partial charge in [-0.3, -0.25) is 0 Å². The molecule has 1 aliphatic rings. The summed E-state index contributed by atoms with van der Waals surface area (Å²) in [5.41, 5.74) is 5.58. The summed E-state index contributed by atoms with van der Waals surface area (Å²) in [6, 6.07) is 14.9. The SMILES string of the molecule is Cc1ccc(-c2nc3cc(C4CCC(C)CC4)ccc3o2)cc1. The van der Waals surface area contributed by atoms with Crippen LogP contribution in [-0.4, -0.2) is 4.98 Å². The summed E-state index contributed by atoms with van der Waals surface area (Å²) in [5, 5.41) is 0. The lowest BCUT2D eigenvalue weighted by Crippen LogP contribution is -2.10. The van der Waals surface area contributed by atoms with Crippen molar-refractivity contribution in [3.8, 4) is 11.5 Å². The average Bonchev–Trinajstić information content (AvgIpc) is 2.99. The standard InChI is InChI=1S/C21H23NO/c1-14-3-7-16(8-4-14)18-11-12-20-19(13-18)22-21(23-20)17-9-5-15(2)6-10-17/h5-6,9-14,16H,3-4,7-8H2,1-2H3. The van der Waals surface area contributed by atoms with Gasteiger partial charge in [-0.2, -0.15) is 0 Å². The Kier molecular flexibility index (Phi) is 3.68. The Morgan fingerprint density at radius 3 is 2.43 bits per heavy atom. The van der Waals surface area contributed by atoms with Crippen LogP contribution in [-0.2, 0) is 0 Å². The van der Waals surface area contributed by atoms with E-state index < -0.39 is 0 Å². The molecule has 23 heavy (non-hydrogen) atoms. The van der Waals surface area contributed by atoms with Crippen molar-refractivity contribution in [1.29, 1.82) is 0 Å². The molecule has 118 valence electrons. The molecule has 0 atom stereocenters. The number of hydrogen-bond donors (Lipinski definition) is 0. The number of nitrogens with zero attached hydrogens (tertiary/aromatic N) is 1. The Balaban J connectivity index is 1.65. The second-order valence-electron chi connectivity index (χ2n) is 7.07. The number of hydrogen-bond acceptors (Lipinski definition) is 2. The Hall–Kier alpha value is -2.09. The number of benzene rings is 2. The zero-order chi connectivity index (χ0) is 15.8. The summed E-state index contributed by atoms with van der Waals surface area (Å²) in [6.45, 7) is 4.46. The first kappa shape index (κ1) is 14.5. The fourth-order valence-electron chi connectivity index (χ4n) is 3.61. The molecule has 4 rings (SSSR count). The van der Waals surface area contributed by atoms with Gasteiger partial charge in [0.1, 0.15) is 5.52 Å². The van der Waals surface area contributed by atoms with Crippen LogP contribution in [0.2, 0.25) is 0 Å². The van der Waals surface area contributed by atoms with E-state index in [-0.39, 0.29) is 0 Å². The first-order chi connectivity index (χ1) is 11.2. The van der Waals surface area contributed by atoms with Crippen molar-refractivity contribution >= 4 is 11.1 Å². The van der Waals surface area contributed by atoms with E-state index in [0.717, 1.165) is 28.5 Å². The minimum atomic E-state index is 0.690. The summed E-state index contributed by atoms with van der Waals surface area (Å²) < 4.78 is 5.94. The molecular formula is C21H23NO. The Morgan fingerprint density at radius 2 is 1.70 bits per heavy atom. The van der Waals surface area contributed by atoms with E-state index in [2.05, 4.69) is 56.3 Å². The van der Waals surface area contributed by atoms with Crippen molar-refractivity contribution in [3.63, 3.8) is 0 Å². The Morgan fingerprint density at radius 1 is 0.957 bits per heavy atom. The van der Waals surface area contributed by atoms with Gasteiger partial charge in [-0.05, 0) is 61.4 Å². The van der Waals surface area contributed by atoms with Gasteiger partial charge in [0, 0.05) is 5.56 Å². The number of fused-ring (bicyclic) bond motifs is 1. The van der Waals surface area contributed by atoms with E-state index in [1.807, 2.05) is 0 Å². The molecule has 0 radical (unpaired) electrons. The quantitative estimate of drug-likeness (QED) is 0.572. The number of aromatic nitrogens is 1. The summed E-state index contributed by atoms with van der Waals surface area (Å²) in [4.78, 5) is 4.72. The highest BCUT2D eigenvalue weighted by atomic mass is 16.3. The van der Waals surface area contributed by atoms with Gasteiger partial charge in [-0.15, -0.1) is 0 Å². The fourth-order valence-corrected chi connectivity index (χ4v) is 3.61. The van der Waals surface area contributed by atoms with E-state index in [9.17, 15) is 0 Å². The van der Waals surface area contributed by atoms with Crippen molar-refractivity contribution < 1.29 is 4.42 Å². The monoisotopic (exact) mass is 305 g/mol. The molecule has 1 aliphatic carbocycles. The zero-order valence-corrected chi connectivity index (χ0v) is 13.9. The van der Waals surface area contributed by atoms with Crippen LogP contribution in [0.1, 0.15) is 49.7 Å². The molecular weight excluding hydrogens is 282 g/mol. The zero-order valence-electron chi connectivity index (χ0n) is 13.9. The predicted molar refractivity (Wildman–Crippen MR) is 94.6 cm³/mol. The normalized spacial score (nSPS) is 21.7. The molecule has 2 nitrogen and oxygen atoms in total. The van der Waals surface area contributed by atoms with Gasteiger partial charge in [0.25, 0.3) is 0 Å². The van der Waals surface area contributed by atoms with Gasteiger partial charge < -0.3 is 4.42 Å². The van der Waals surface area contributed by atoms with E-state index in [0.29, 0.717) is 5.92 Å². The van der Waals surface area contributed by atoms with E-state index >= 15 is 0 Å². The lowest BCUT2D eigenvalue weighted by molar-refractivity contribution is 0.348. The summed E-state index contributed by atoms with van der Waals surface area (Å²) >= 11 is 0. The van der Waals surface area contributed by atoms with Gasteiger partial charge >= 0.3 is 0 Å². The number of oxazole rings is 1. The lowest BCUT2D eigenvalue weighted by Gasteiger charge is -2.26. The third-order valence-corrected chi connectivity index (χ3v) is 5.20. The van der Waals surface area contributed by atoms with Crippen LogP contribution in [0.15, 0.2) is 46.9 Å². The third-order valence-electron chi connectivity index (χ3n) is 5.20. The van der Waals surface area contributed by atoms with Crippen LogP contribution in [0.5, 0.6) is 0 Å². The summed E-state index contributed by atoms with van der Waals surface area (Å²) in [7, 11) is 0. The maximum Gasteiger partial charge on any atom is 0.227 e. The third kappa shape index (κ3) is 2.90. The fraction of sp³-hybridized carbons (Fsp3) is 0.381. The molecule has 2 aromatic carbocycles. The largest absolute Gasteiger partial charge is 0.436 e. The van der Waals surface area contributed by atoms with Gasteiger partial charge in [-0.1, -0.05) is 43.5 Å². The van der Waals surface area contributed by atoms with Gasteiger partial charge in [-0.25, -0.2) is 4.98 Å². The molecule has 1 aromatic heterocycles. The van der Waals surface area contributed by atoms with Crippen molar-refractivity contribution in [2.24, 2.45) is 5.92 Å². The molecule has 0 bridgehead atoms. The van der Waals surface area contributed by atoms with Crippen molar-refractivity contribution in [2.45, 2.75) is 45.4 Å². The minimum absolute atomic E-state index is 0.690. The molecule has 1 fully saturated rings. The van der Waals surface area contributed by atoms with Crippen LogP contribution < -0.4 is 0 Å². The Bertz CT molecular complexity index is 807. The van der Waals surface area contributed by atoms with E-state index in [1.165, 1.54) is 36.8 Å². The maximum absolute atomic E-state index is 5.94. The first-order valence-electron chi connectivity index (χ1n) is 8.66. The average molecular weight is 305 g/mol. The molecule has 1 heterocycles. The topological polar surface area (TPSA) is 26.0 Å². The van der Waals surface area contributed by atoms with Crippen LogP contribution >= 0.6 is 0 Å². The van der Waals surface area contributed by atoms with Crippen molar-refractivity contribution in [1.82, 2.24) is 4.98 Å². The molecule has 0 unspecified atom stereocenters. The molecule has 0 saturated heterocycles. The van der Waals surface area contributed by atoms with Gasteiger partial charge in [0.15, 0.2) is 5.58 Å². The minimum Gasteiger partial charge on any atom is -0.436 e. The second-order valence-corrected chi connectivity index (χ2v) is 7.07. The highest BCUT2D eigenvalue weighted by Gasteiger charge is 2.20. The predicted octanol–water partition coefficient (Wildman–Crippen LogP) is 6.10. The van der Waals surface area contributed by atoms with Crippen LogP contribution in [0, 0.1) is 12.8 Å². The summed E-state index contributed by atoms with van der Waals surface area (Å²) in [6.07, 6.45) is 5.29. The molecule has 0 N–H and O–H groups in total. The van der Waals surface area contributed by atoms with Crippen molar-refractivity contribution in [3.05, 3.63) is 53.6 Å². The lowest BCUT2D eigenvalue weighted by atomic mass is 9.79. The molecule has 3 aromatic rings. The Labute approximate surface area is 137 Å². The van der Waals surface area contributed by atoms with Crippen LogP contribution in [0.25, 0.3) is 22.6 Å². The van der Waals surface area contributed by atoms with Crippen LogP contribution in [0.3, 0.4) is 0 Å². The van der Waals surface area contributed by atoms with Gasteiger partial charge in [0.05, 0.1) is 0 Å². The van der Waals surface area contributed by atoms with Gasteiger partial charge in [0.2, 0.25) is 5.89 Å².